The lowest BCUT2D eigenvalue weighted by atomic mass is 9.99. The molecule has 3 rings (SSSR count). The molecule has 0 unspecified atom stereocenters. The molecule has 2 heteroatoms. The van der Waals surface area contributed by atoms with Crippen LogP contribution in [0.25, 0.3) is 17.2 Å². The largest absolute Gasteiger partial charge is 0.326 e. The van der Waals surface area contributed by atoms with Crippen LogP contribution in [-0.4, -0.2) is 5.78 Å². The van der Waals surface area contributed by atoms with Gasteiger partial charge in [0.25, 0.3) is 0 Å². The highest BCUT2D eigenvalue weighted by atomic mass is 16.1. The topological polar surface area (TPSA) is 43.1 Å². The van der Waals surface area contributed by atoms with Crippen LogP contribution in [0.15, 0.2) is 48.5 Å². The SMILES string of the molecule is NCc1ccc(-c2ccc3c(c2)C(=O)C=C3)cc1. The third-order valence-electron chi connectivity index (χ3n) is 3.26. The molecule has 88 valence electrons. The molecule has 0 atom stereocenters. The molecule has 0 heterocycles. The van der Waals surface area contributed by atoms with Gasteiger partial charge in [-0.15, -0.1) is 0 Å². The van der Waals surface area contributed by atoms with E-state index in [-0.39, 0.29) is 5.78 Å². The molecule has 18 heavy (non-hydrogen) atoms. The van der Waals surface area contributed by atoms with Gasteiger partial charge in [0.15, 0.2) is 5.78 Å². The molecule has 2 N–H and O–H groups in total. The fourth-order valence-electron chi connectivity index (χ4n) is 2.18. The summed E-state index contributed by atoms with van der Waals surface area (Å²) in [6.07, 6.45) is 3.48. The summed E-state index contributed by atoms with van der Waals surface area (Å²) in [4.78, 5) is 11.6. The third kappa shape index (κ3) is 1.77. The Bertz CT molecular complexity index is 639. The second kappa shape index (κ2) is 4.24. The number of benzene rings is 2. The first-order valence-corrected chi connectivity index (χ1v) is 5.94. The number of carbonyl (C=O) groups is 1. The number of hydrogen-bond donors (Lipinski definition) is 1. The smallest absolute Gasteiger partial charge is 0.186 e. The average molecular weight is 235 g/mol. The summed E-state index contributed by atoms with van der Waals surface area (Å²) in [5.41, 5.74) is 10.6. The third-order valence-corrected chi connectivity index (χ3v) is 3.26. The van der Waals surface area contributed by atoms with Gasteiger partial charge in [-0.3, -0.25) is 4.79 Å². The van der Waals surface area contributed by atoms with Crippen molar-refractivity contribution in [1.29, 1.82) is 0 Å². The molecule has 0 fully saturated rings. The molecule has 1 aliphatic rings. The van der Waals surface area contributed by atoms with Crippen molar-refractivity contribution < 1.29 is 4.79 Å². The molecular weight excluding hydrogens is 222 g/mol. The predicted octanol–water partition coefficient (Wildman–Crippen LogP) is 3.02. The molecule has 0 aromatic heterocycles. The van der Waals surface area contributed by atoms with Crippen molar-refractivity contribution in [2.75, 3.05) is 0 Å². The maximum Gasteiger partial charge on any atom is 0.186 e. The number of rotatable bonds is 2. The van der Waals surface area contributed by atoms with E-state index in [1.54, 1.807) is 6.08 Å². The number of nitrogens with two attached hydrogens (primary N) is 1. The Hall–Kier alpha value is -2.19. The maximum atomic E-state index is 11.6. The number of ketones is 1. The van der Waals surface area contributed by atoms with Gasteiger partial charge in [0.2, 0.25) is 0 Å². The molecule has 0 radical (unpaired) electrons. The molecule has 2 aromatic rings. The zero-order chi connectivity index (χ0) is 12.5. The van der Waals surface area contributed by atoms with Crippen LogP contribution < -0.4 is 5.73 Å². The monoisotopic (exact) mass is 235 g/mol. The van der Waals surface area contributed by atoms with Gasteiger partial charge in [-0.25, -0.2) is 0 Å². The summed E-state index contributed by atoms with van der Waals surface area (Å²) >= 11 is 0. The lowest BCUT2D eigenvalue weighted by Gasteiger charge is -2.05. The lowest BCUT2D eigenvalue weighted by Crippen LogP contribution is -1.95. The number of hydrogen-bond acceptors (Lipinski definition) is 2. The van der Waals surface area contributed by atoms with Gasteiger partial charge in [-0.2, -0.15) is 0 Å². The number of carbonyl (C=O) groups excluding carboxylic acids is 1. The Morgan fingerprint density at radius 2 is 1.61 bits per heavy atom. The lowest BCUT2D eigenvalue weighted by molar-refractivity contribution is 0.105. The molecule has 0 saturated carbocycles. The van der Waals surface area contributed by atoms with Crippen LogP contribution >= 0.6 is 0 Å². The summed E-state index contributed by atoms with van der Waals surface area (Å²) < 4.78 is 0. The molecule has 0 amide bonds. The van der Waals surface area contributed by atoms with Crippen molar-refractivity contribution in [2.24, 2.45) is 5.73 Å². The van der Waals surface area contributed by atoms with Gasteiger partial charge in [0, 0.05) is 12.1 Å². The van der Waals surface area contributed by atoms with E-state index >= 15 is 0 Å². The predicted molar refractivity (Wildman–Crippen MR) is 73.1 cm³/mol. The first-order valence-electron chi connectivity index (χ1n) is 5.94. The molecule has 1 aliphatic carbocycles. The zero-order valence-electron chi connectivity index (χ0n) is 9.89. The van der Waals surface area contributed by atoms with Gasteiger partial charge in [-0.05, 0) is 34.4 Å². The summed E-state index contributed by atoms with van der Waals surface area (Å²) in [7, 11) is 0. The first-order chi connectivity index (χ1) is 8.78. The van der Waals surface area contributed by atoms with Crippen LogP contribution in [0.5, 0.6) is 0 Å². The maximum absolute atomic E-state index is 11.6. The molecule has 2 aromatic carbocycles. The van der Waals surface area contributed by atoms with E-state index in [0.29, 0.717) is 6.54 Å². The minimum absolute atomic E-state index is 0.0884. The van der Waals surface area contributed by atoms with Crippen LogP contribution in [0.4, 0.5) is 0 Å². The molecule has 0 bridgehead atoms. The van der Waals surface area contributed by atoms with Gasteiger partial charge in [0.1, 0.15) is 0 Å². The molecule has 0 aliphatic heterocycles. The van der Waals surface area contributed by atoms with Crippen molar-refractivity contribution in [3.63, 3.8) is 0 Å². The van der Waals surface area contributed by atoms with Crippen molar-refractivity contribution in [1.82, 2.24) is 0 Å². The van der Waals surface area contributed by atoms with Crippen molar-refractivity contribution in [3.05, 3.63) is 65.2 Å². The highest BCUT2D eigenvalue weighted by molar-refractivity contribution is 6.14. The summed E-state index contributed by atoms with van der Waals surface area (Å²) in [6, 6.07) is 14.1. The Labute approximate surface area is 106 Å². The molecule has 0 saturated heterocycles. The van der Waals surface area contributed by atoms with Crippen LogP contribution in [-0.2, 0) is 6.54 Å². The molecule has 0 spiro atoms. The summed E-state index contributed by atoms with van der Waals surface area (Å²) in [5.74, 6) is 0.0884. The van der Waals surface area contributed by atoms with E-state index in [0.717, 1.165) is 27.8 Å². The molecular formula is C16H13NO. The zero-order valence-corrected chi connectivity index (χ0v) is 9.89. The highest BCUT2D eigenvalue weighted by Crippen LogP contribution is 2.27. The Balaban J connectivity index is 2.02. The summed E-state index contributed by atoms with van der Waals surface area (Å²) in [5, 5.41) is 0. The van der Waals surface area contributed by atoms with Crippen molar-refractivity contribution in [2.45, 2.75) is 6.54 Å². The number of fused-ring (bicyclic) bond motifs is 1. The first kappa shape index (κ1) is 10.9. The minimum Gasteiger partial charge on any atom is -0.326 e. The quantitative estimate of drug-likeness (QED) is 0.869. The van der Waals surface area contributed by atoms with E-state index in [9.17, 15) is 4.79 Å². The fraction of sp³-hybridized carbons (Fsp3) is 0.0625. The van der Waals surface area contributed by atoms with Gasteiger partial charge in [0.05, 0.1) is 0 Å². The molecule has 2 nitrogen and oxygen atoms in total. The number of allylic oxidation sites excluding steroid dienone is 1. The van der Waals surface area contributed by atoms with Gasteiger partial charge >= 0.3 is 0 Å². The van der Waals surface area contributed by atoms with E-state index in [4.69, 9.17) is 5.73 Å². The average Bonchev–Trinajstić information content (AvgIpc) is 2.80. The van der Waals surface area contributed by atoms with Crippen molar-refractivity contribution in [3.8, 4) is 11.1 Å². The highest BCUT2D eigenvalue weighted by Gasteiger charge is 2.14. The minimum atomic E-state index is 0.0884. The normalized spacial score (nSPS) is 12.8. The van der Waals surface area contributed by atoms with E-state index < -0.39 is 0 Å². The van der Waals surface area contributed by atoms with Crippen molar-refractivity contribution >= 4 is 11.9 Å². The second-order valence-electron chi connectivity index (χ2n) is 4.40. The Morgan fingerprint density at radius 1 is 0.889 bits per heavy atom. The van der Waals surface area contributed by atoms with Gasteiger partial charge in [-0.1, -0.05) is 42.5 Å². The second-order valence-corrected chi connectivity index (χ2v) is 4.40. The summed E-state index contributed by atoms with van der Waals surface area (Å²) in [6.45, 7) is 0.548. The van der Waals surface area contributed by atoms with E-state index in [1.165, 1.54) is 0 Å². The van der Waals surface area contributed by atoms with Crippen LogP contribution in [0.1, 0.15) is 21.5 Å². The standard InChI is InChI=1S/C16H13NO/c17-10-11-1-3-12(4-2-11)14-6-5-13-7-8-16(18)15(13)9-14/h1-9H,10,17H2. The van der Waals surface area contributed by atoms with Gasteiger partial charge < -0.3 is 5.73 Å². The fourth-order valence-corrected chi connectivity index (χ4v) is 2.18. The Morgan fingerprint density at radius 3 is 2.33 bits per heavy atom. The van der Waals surface area contributed by atoms with Crippen LogP contribution in [0, 0.1) is 0 Å². The van der Waals surface area contributed by atoms with Crippen LogP contribution in [0.2, 0.25) is 0 Å². The van der Waals surface area contributed by atoms with E-state index in [2.05, 4.69) is 0 Å². The van der Waals surface area contributed by atoms with Crippen LogP contribution in [0.3, 0.4) is 0 Å². The Kier molecular flexibility index (Phi) is 2.58. The van der Waals surface area contributed by atoms with E-state index in [1.807, 2.05) is 48.5 Å².